The van der Waals surface area contributed by atoms with Crippen molar-refractivity contribution in [2.24, 2.45) is 0 Å². The van der Waals surface area contributed by atoms with Gasteiger partial charge < -0.3 is 5.32 Å². The van der Waals surface area contributed by atoms with E-state index >= 15 is 0 Å². The molecule has 2 nitrogen and oxygen atoms in total. The summed E-state index contributed by atoms with van der Waals surface area (Å²) in [6.07, 6.45) is 0.983. The minimum Gasteiger partial charge on any atom is -0.381 e. The van der Waals surface area contributed by atoms with E-state index < -0.39 is 0 Å². The van der Waals surface area contributed by atoms with E-state index in [1.165, 1.54) is 4.88 Å². The summed E-state index contributed by atoms with van der Waals surface area (Å²) in [6.45, 7) is 4.17. The molecule has 0 bridgehead atoms. The molecule has 0 amide bonds. The predicted octanol–water partition coefficient (Wildman–Crippen LogP) is 3.97. The van der Waals surface area contributed by atoms with Crippen molar-refractivity contribution < 1.29 is 0 Å². The van der Waals surface area contributed by atoms with Crippen molar-refractivity contribution in [3.8, 4) is 6.07 Å². The van der Waals surface area contributed by atoms with Crippen molar-refractivity contribution in [3.63, 3.8) is 0 Å². The zero-order valence-electron chi connectivity index (χ0n) is 10.6. The molecule has 0 spiro atoms. The summed E-state index contributed by atoms with van der Waals surface area (Å²) < 4.78 is 0. The molecule has 1 heterocycles. The van der Waals surface area contributed by atoms with Gasteiger partial charge in [0, 0.05) is 17.3 Å². The summed E-state index contributed by atoms with van der Waals surface area (Å²) in [4.78, 5) is 1.36. The monoisotopic (exact) mass is 256 g/mol. The highest BCUT2D eigenvalue weighted by molar-refractivity contribution is 7.09. The molecule has 0 aliphatic heterocycles. The number of benzene rings is 1. The lowest BCUT2D eigenvalue weighted by Gasteiger charge is -2.17. The third kappa shape index (κ3) is 2.91. The molecule has 0 radical (unpaired) electrons. The molecule has 18 heavy (non-hydrogen) atoms. The molecule has 1 unspecified atom stereocenters. The van der Waals surface area contributed by atoms with Crippen LogP contribution in [-0.2, 0) is 6.42 Å². The van der Waals surface area contributed by atoms with Crippen LogP contribution >= 0.6 is 11.3 Å². The lowest BCUT2D eigenvalue weighted by Crippen LogP contribution is -2.19. The Morgan fingerprint density at radius 1 is 1.33 bits per heavy atom. The van der Waals surface area contributed by atoms with Crippen molar-refractivity contribution >= 4 is 17.0 Å². The van der Waals surface area contributed by atoms with E-state index in [1.807, 2.05) is 25.1 Å². The summed E-state index contributed by atoms with van der Waals surface area (Å²) in [7, 11) is 0. The number of anilines is 1. The third-order valence-electron chi connectivity index (χ3n) is 2.87. The zero-order valence-corrected chi connectivity index (χ0v) is 11.4. The lowest BCUT2D eigenvalue weighted by molar-refractivity contribution is 0.799. The highest BCUT2D eigenvalue weighted by atomic mass is 32.1. The van der Waals surface area contributed by atoms with E-state index in [0.717, 1.165) is 17.7 Å². The van der Waals surface area contributed by atoms with Gasteiger partial charge in [-0.3, -0.25) is 0 Å². The zero-order chi connectivity index (χ0) is 13.0. The average Bonchev–Trinajstić information content (AvgIpc) is 2.84. The first-order valence-corrected chi connectivity index (χ1v) is 6.87. The van der Waals surface area contributed by atoms with Gasteiger partial charge in [-0.15, -0.1) is 11.3 Å². The second-order valence-electron chi connectivity index (χ2n) is 4.44. The van der Waals surface area contributed by atoms with Crippen molar-refractivity contribution in [1.29, 1.82) is 5.26 Å². The van der Waals surface area contributed by atoms with Gasteiger partial charge in [-0.05, 0) is 36.9 Å². The van der Waals surface area contributed by atoms with Gasteiger partial charge >= 0.3 is 0 Å². The minimum absolute atomic E-state index is 0.317. The fraction of sp³-hybridized carbons (Fsp3) is 0.267. The summed E-state index contributed by atoms with van der Waals surface area (Å²) in [5.74, 6) is 0. The van der Waals surface area contributed by atoms with Gasteiger partial charge in [0.1, 0.15) is 6.07 Å². The summed E-state index contributed by atoms with van der Waals surface area (Å²) >= 11 is 1.77. The van der Waals surface area contributed by atoms with Crippen LogP contribution in [0.2, 0.25) is 0 Å². The van der Waals surface area contributed by atoms with Crippen LogP contribution < -0.4 is 5.32 Å². The Hall–Kier alpha value is -1.79. The van der Waals surface area contributed by atoms with Crippen LogP contribution in [0.1, 0.15) is 22.9 Å². The van der Waals surface area contributed by atoms with Gasteiger partial charge in [-0.25, -0.2) is 0 Å². The summed E-state index contributed by atoms with van der Waals surface area (Å²) in [6, 6.07) is 12.6. The first-order chi connectivity index (χ1) is 8.70. The van der Waals surface area contributed by atoms with Crippen LogP contribution in [0.4, 0.5) is 5.69 Å². The van der Waals surface area contributed by atoms with Gasteiger partial charge in [0.15, 0.2) is 0 Å². The van der Waals surface area contributed by atoms with Crippen LogP contribution in [0.5, 0.6) is 0 Å². The molecule has 1 aromatic carbocycles. The van der Waals surface area contributed by atoms with Crippen LogP contribution in [0.3, 0.4) is 0 Å². The smallest absolute Gasteiger partial charge is 0.101 e. The van der Waals surface area contributed by atoms with Crippen LogP contribution in [0.15, 0.2) is 35.7 Å². The van der Waals surface area contributed by atoms with Crippen LogP contribution in [0.25, 0.3) is 0 Å². The Kier molecular flexibility index (Phi) is 4.01. The predicted molar refractivity (Wildman–Crippen MR) is 77.0 cm³/mol. The van der Waals surface area contributed by atoms with Gasteiger partial charge in [0.05, 0.1) is 11.3 Å². The Labute approximate surface area is 112 Å². The van der Waals surface area contributed by atoms with E-state index in [0.29, 0.717) is 11.6 Å². The lowest BCUT2D eigenvalue weighted by atomic mass is 10.1. The highest BCUT2D eigenvalue weighted by Gasteiger charge is 2.09. The maximum atomic E-state index is 9.12. The molecule has 1 N–H and O–H groups in total. The number of hydrogen-bond acceptors (Lipinski definition) is 3. The van der Waals surface area contributed by atoms with E-state index in [2.05, 4.69) is 35.8 Å². The second kappa shape index (κ2) is 5.70. The van der Waals surface area contributed by atoms with Gasteiger partial charge in [0.25, 0.3) is 0 Å². The van der Waals surface area contributed by atoms with Crippen LogP contribution in [-0.4, -0.2) is 6.04 Å². The van der Waals surface area contributed by atoms with Crippen LogP contribution in [0, 0.1) is 18.3 Å². The van der Waals surface area contributed by atoms with Crippen molar-refractivity contribution in [2.75, 3.05) is 5.32 Å². The maximum absolute atomic E-state index is 9.12. The minimum atomic E-state index is 0.317. The number of thiophene rings is 1. The van der Waals surface area contributed by atoms with Crippen molar-refractivity contribution in [3.05, 3.63) is 51.7 Å². The highest BCUT2D eigenvalue weighted by Crippen LogP contribution is 2.22. The molecule has 0 aliphatic rings. The van der Waals surface area contributed by atoms with Crippen molar-refractivity contribution in [2.45, 2.75) is 26.3 Å². The summed E-state index contributed by atoms with van der Waals surface area (Å²) in [5.41, 5.74) is 2.80. The molecule has 0 saturated carbocycles. The maximum Gasteiger partial charge on any atom is 0.101 e. The number of nitrogens with zero attached hydrogens (tertiary/aromatic N) is 1. The molecule has 1 aromatic heterocycles. The second-order valence-corrected chi connectivity index (χ2v) is 5.47. The summed E-state index contributed by atoms with van der Waals surface area (Å²) in [5, 5.41) is 14.7. The molecule has 92 valence electrons. The Morgan fingerprint density at radius 2 is 2.17 bits per heavy atom. The third-order valence-corrected chi connectivity index (χ3v) is 3.77. The SMILES string of the molecule is Cc1cccc(C#N)c1NC(C)Cc1cccs1. The first-order valence-electron chi connectivity index (χ1n) is 5.99. The van der Waals surface area contributed by atoms with E-state index in [9.17, 15) is 0 Å². The average molecular weight is 256 g/mol. The Bertz CT molecular complexity index is 552. The Morgan fingerprint density at radius 3 is 2.83 bits per heavy atom. The largest absolute Gasteiger partial charge is 0.381 e. The number of nitrogens with one attached hydrogen (secondary N) is 1. The van der Waals surface area contributed by atoms with Gasteiger partial charge in [-0.2, -0.15) is 5.26 Å². The van der Waals surface area contributed by atoms with E-state index in [1.54, 1.807) is 11.3 Å². The quantitative estimate of drug-likeness (QED) is 0.898. The fourth-order valence-corrected chi connectivity index (χ4v) is 2.82. The van der Waals surface area contributed by atoms with E-state index in [4.69, 9.17) is 5.26 Å². The standard InChI is InChI=1S/C15H16N2S/c1-11-5-3-6-13(10-16)15(11)17-12(2)9-14-7-4-8-18-14/h3-8,12,17H,9H2,1-2H3. The van der Waals surface area contributed by atoms with Gasteiger partial charge in [-0.1, -0.05) is 18.2 Å². The molecule has 0 fully saturated rings. The van der Waals surface area contributed by atoms with Gasteiger partial charge in [0.2, 0.25) is 0 Å². The first kappa shape index (κ1) is 12.7. The number of nitriles is 1. The fourth-order valence-electron chi connectivity index (χ4n) is 1.98. The number of para-hydroxylation sites is 1. The molecule has 0 saturated heterocycles. The Balaban J connectivity index is 2.12. The molecular formula is C15H16N2S. The normalized spacial score (nSPS) is 11.8. The number of hydrogen-bond donors (Lipinski definition) is 1. The molecule has 2 aromatic rings. The topological polar surface area (TPSA) is 35.8 Å². The molecule has 1 atom stereocenters. The number of rotatable bonds is 4. The van der Waals surface area contributed by atoms with E-state index in [-0.39, 0.29) is 0 Å². The van der Waals surface area contributed by atoms with Crippen molar-refractivity contribution in [1.82, 2.24) is 0 Å². The number of aryl methyl sites for hydroxylation is 1. The molecule has 0 aliphatic carbocycles. The molecule has 2 rings (SSSR count). The molecule has 3 heteroatoms. The molecular weight excluding hydrogens is 240 g/mol.